The number of amides is 1. The van der Waals surface area contributed by atoms with Crippen molar-refractivity contribution < 1.29 is 48.4 Å². The molecule has 0 aromatic heterocycles. The summed E-state index contributed by atoms with van der Waals surface area (Å²) >= 11 is 0. The maximum atomic E-state index is 13.1. The molecule has 0 bridgehead atoms. The van der Waals surface area contributed by atoms with Gasteiger partial charge in [0.05, 0.1) is 19.8 Å². The summed E-state index contributed by atoms with van der Waals surface area (Å²) in [6, 6.07) is 7.70. The second-order valence-corrected chi connectivity index (χ2v) is 10.3. The summed E-state index contributed by atoms with van der Waals surface area (Å²) in [5.74, 6) is -0.125. The van der Waals surface area contributed by atoms with E-state index in [0.717, 1.165) is 31.2 Å². The van der Waals surface area contributed by atoms with Crippen LogP contribution < -0.4 is 4.74 Å². The lowest BCUT2D eigenvalue weighted by atomic mass is 9.97. The van der Waals surface area contributed by atoms with Crippen molar-refractivity contribution in [3.63, 3.8) is 0 Å². The first-order valence-electron chi connectivity index (χ1n) is 13.4. The SMILES string of the molecule is CC(C)(C)N(C[C@@H](COc1ccccc1C1CCCC1)OC(=O)COCCO[N+](=O)[O-])C(=O)COCCO[N+](=O)[O-]. The van der Waals surface area contributed by atoms with E-state index in [1.807, 2.05) is 24.3 Å². The molecule has 15 nitrogen and oxygen atoms in total. The zero-order valence-electron chi connectivity index (χ0n) is 23.7. The molecule has 0 saturated heterocycles. The molecule has 1 aromatic carbocycles. The highest BCUT2D eigenvalue weighted by atomic mass is 17.0. The third-order valence-electron chi connectivity index (χ3n) is 6.23. The number of rotatable bonds is 19. The highest BCUT2D eigenvalue weighted by Gasteiger charge is 2.31. The second kappa shape index (κ2) is 17.2. The molecule has 15 heteroatoms. The quantitative estimate of drug-likeness (QED) is 0.100. The Morgan fingerprint density at radius 2 is 1.54 bits per heavy atom. The zero-order valence-corrected chi connectivity index (χ0v) is 23.7. The van der Waals surface area contributed by atoms with Crippen LogP contribution in [0.25, 0.3) is 0 Å². The number of hydrogen-bond donors (Lipinski definition) is 0. The monoisotopic (exact) mass is 585 g/mol. The zero-order chi connectivity index (χ0) is 30.3. The van der Waals surface area contributed by atoms with E-state index in [0.29, 0.717) is 11.7 Å². The van der Waals surface area contributed by atoms with E-state index in [2.05, 4.69) is 9.68 Å². The van der Waals surface area contributed by atoms with Crippen molar-refractivity contribution in [2.24, 2.45) is 0 Å². The third-order valence-corrected chi connectivity index (χ3v) is 6.23. The topological polar surface area (TPSA) is 179 Å². The molecule has 0 aliphatic heterocycles. The minimum atomic E-state index is -0.963. The van der Waals surface area contributed by atoms with E-state index in [1.54, 1.807) is 20.8 Å². The Balaban J connectivity index is 2.09. The molecular formula is C26H39N3O12. The number of nitrogens with zero attached hydrogens (tertiary/aromatic N) is 3. The maximum absolute atomic E-state index is 13.1. The molecule has 1 aliphatic rings. The molecule has 1 amide bonds. The molecule has 1 aliphatic carbocycles. The minimum absolute atomic E-state index is 0.0428. The van der Waals surface area contributed by atoms with Crippen molar-refractivity contribution in [1.82, 2.24) is 4.90 Å². The average Bonchev–Trinajstić information content (AvgIpc) is 3.43. The van der Waals surface area contributed by atoms with Gasteiger partial charge in [0.15, 0.2) is 6.10 Å². The van der Waals surface area contributed by atoms with Crippen molar-refractivity contribution in [1.29, 1.82) is 0 Å². The molecule has 0 heterocycles. The van der Waals surface area contributed by atoms with Crippen LogP contribution in [-0.2, 0) is 33.5 Å². The first-order valence-corrected chi connectivity index (χ1v) is 13.4. The fourth-order valence-electron chi connectivity index (χ4n) is 4.40. The number of para-hydroxylation sites is 1. The van der Waals surface area contributed by atoms with E-state index in [-0.39, 0.29) is 46.2 Å². The van der Waals surface area contributed by atoms with Crippen LogP contribution in [0.2, 0.25) is 0 Å². The largest absolute Gasteiger partial charge is 0.489 e. The first kappa shape index (κ1) is 33.5. The molecule has 1 fully saturated rings. The lowest BCUT2D eigenvalue weighted by Crippen LogP contribution is -2.52. The van der Waals surface area contributed by atoms with Crippen LogP contribution in [0, 0.1) is 20.2 Å². The van der Waals surface area contributed by atoms with Gasteiger partial charge in [0.2, 0.25) is 5.91 Å². The standard InChI is InChI=1S/C26H39N3O12/c1-26(2,3)27(24(30)18-36-12-14-39-28(32)33)16-21(41-25(31)19-37-13-15-40-29(34)35)17-38-23-11-7-6-10-22(23)20-8-4-5-9-20/h6-7,10-11,20-21H,4-5,8-9,12-19H2,1-3H3/t21-/m0/s1. The molecular weight excluding hydrogens is 546 g/mol. The van der Waals surface area contributed by atoms with Gasteiger partial charge in [-0.05, 0) is 51.2 Å². The van der Waals surface area contributed by atoms with E-state index in [4.69, 9.17) is 18.9 Å². The van der Waals surface area contributed by atoms with Crippen molar-refractivity contribution in [3.8, 4) is 5.75 Å². The van der Waals surface area contributed by atoms with Gasteiger partial charge in [-0.2, -0.15) is 0 Å². The molecule has 2 rings (SSSR count). The van der Waals surface area contributed by atoms with Gasteiger partial charge >= 0.3 is 5.97 Å². The van der Waals surface area contributed by atoms with Gasteiger partial charge in [0.1, 0.15) is 38.8 Å². The fraction of sp³-hybridized carbons (Fsp3) is 0.692. The minimum Gasteiger partial charge on any atom is -0.489 e. The lowest BCUT2D eigenvalue weighted by Gasteiger charge is -2.38. The molecule has 0 radical (unpaired) electrons. The van der Waals surface area contributed by atoms with Gasteiger partial charge in [0.25, 0.3) is 10.2 Å². The number of benzene rings is 1. The maximum Gasteiger partial charge on any atom is 0.332 e. The summed E-state index contributed by atoms with van der Waals surface area (Å²) in [6.45, 7) is 3.41. The molecule has 0 spiro atoms. The predicted octanol–water partition coefficient (Wildman–Crippen LogP) is 2.71. The Hall–Kier alpha value is -3.72. The third kappa shape index (κ3) is 13.0. The average molecular weight is 586 g/mol. The first-order chi connectivity index (χ1) is 19.5. The van der Waals surface area contributed by atoms with E-state index < -0.39 is 40.3 Å². The fourth-order valence-corrected chi connectivity index (χ4v) is 4.40. The summed E-state index contributed by atoms with van der Waals surface area (Å²) < 4.78 is 22.1. The normalized spacial score (nSPS) is 14.2. The van der Waals surface area contributed by atoms with Crippen molar-refractivity contribution in [2.75, 3.05) is 52.8 Å². The molecule has 230 valence electrons. The Morgan fingerprint density at radius 1 is 0.951 bits per heavy atom. The van der Waals surface area contributed by atoms with Crippen LogP contribution in [0.15, 0.2) is 24.3 Å². The van der Waals surface area contributed by atoms with Crippen molar-refractivity contribution in [3.05, 3.63) is 50.1 Å². The molecule has 41 heavy (non-hydrogen) atoms. The lowest BCUT2D eigenvalue weighted by molar-refractivity contribution is -0.758. The molecule has 1 aromatic rings. The molecule has 0 unspecified atom stereocenters. The van der Waals surface area contributed by atoms with Crippen LogP contribution in [0.1, 0.15) is 57.9 Å². The molecule has 1 saturated carbocycles. The van der Waals surface area contributed by atoms with Gasteiger partial charge in [-0.1, -0.05) is 31.0 Å². The number of hydrogen-bond acceptors (Lipinski definition) is 12. The van der Waals surface area contributed by atoms with Gasteiger partial charge < -0.3 is 33.5 Å². The summed E-state index contributed by atoms with van der Waals surface area (Å²) in [4.78, 5) is 56.0. The number of esters is 1. The highest BCUT2D eigenvalue weighted by Crippen LogP contribution is 2.38. The number of ether oxygens (including phenoxy) is 4. The van der Waals surface area contributed by atoms with Gasteiger partial charge in [-0.15, -0.1) is 20.2 Å². The number of carbonyl (C=O) groups excluding carboxylic acids is 2. The van der Waals surface area contributed by atoms with E-state index in [1.165, 1.54) is 4.90 Å². The Kier molecular flexibility index (Phi) is 14.0. The summed E-state index contributed by atoms with van der Waals surface area (Å²) in [5, 5.41) is 18.6. The van der Waals surface area contributed by atoms with Gasteiger partial charge in [0, 0.05) is 5.54 Å². The number of carbonyl (C=O) groups is 2. The van der Waals surface area contributed by atoms with Gasteiger partial charge in [-0.3, -0.25) is 4.79 Å². The summed E-state index contributed by atoms with van der Waals surface area (Å²) in [6.07, 6.45) is 3.52. The predicted molar refractivity (Wildman–Crippen MR) is 142 cm³/mol. The van der Waals surface area contributed by atoms with E-state index >= 15 is 0 Å². The Labute approximate surface area is 238 Å². The van der Waals surface area contributed by atoms with Crippen LogP contribution >= 0.6 is 0 Å². The van der Waals surface area contributed by atoms with Crippen LogP contribution in [0.3, 0.4) is 0 Å². The Bertz CT molecular complexity index is 994. The summed E-state index contributed by atoms with van der Waals surface area (Å²) in [7, 11) is 0. The van der Waals surface area contributed by atoms with E-state index in [9.17, 15) is 29.8 Å². The van der Waals surface area contributed by atoms with Crippen molar-refractivity contribution in [2.45, 2.75) is 64.0 Å². The Morgan fingerprint density at radius 3 is 2.12 bits per heavy atom. The van der Waals surface area contributed by atoms with Crippen molar-refractivity contribution >= 4 is 11.9 Å². The molecule has 1 atom stereocenters. The van der Waals surface area contributed by atoms with Gasteiger partial charge in [-0.25, -0.2) is 4.79 Å². The van der Waals surface area contributed by atoms with Crippen LogP contribution in [0.5, 0.6) is 5.75 Å². The van der Waals surface area contributed by atoms with Crippen LogP contribution in [-0.4, -0.2) is 91.4 Å². The van der Waals surface area contributed by atoms with Crippen LogP contribution in [0.4, 0.5) is 0 Å². The molecule has 0 N–H and O–H groups in total. The summed E-state index contributed by atoms with van der Waals surface area (Å²) in [5.41, 5.74) is 0.374. The highest BCUT2D eigenvalue weighted by molar-refractivity contribution is 5.78. The second-order valence-electron chi connectivity index (χ2n) is 10.3. The smallest absolute Gasteiger partial charge is 0.332 e.